The molecule has 0 radical (unpaired) electrons. The minimum atomic E-state index is 0.606. The van der Waals surface area contributed by atoms with E-state index in [0.717, 1.165) is 55.8 Å². The van der Waals surface area contributed by atoms with Gasteiger partial charge in [-0.1, -0.05) is 152 Å². The molecule has 6 nitrogen and oxygen atoms in total. The van der Waals surface area contributed by atoms with E-state index in [4.69, 9.17) is 15.0 Å². The summed E-state index contributed by atoms with van der Waals surface area (Å²) >= 11 is 0. The minimum absolute atomic E-state index is 0.606. The number of hydrogen-bond acceptors (Lipinski definition) is 3. The molecule has 4 aromatic heterocycles. The van der Waals surface area contributed by atoms with Crippen molar-refractivity contribution in [1.29, 1.82) is 0 Å². The Bertz CT molecular complexity index is 3860. The Morgan fingerprint density at radius 1 is 0.254 bits per heavy atom. The average Bonchev–Trinajstić information content (AvgIpc) is 4.00. The molecule has 0 aliphatic heterocycles. The second-order valence-electron chi connectivity index (χ2n) is 16.0. The van der Waals surface area contributed by atoms with E-state index in [0.29, 0.717) is 17.5 Å². The van der Waals surface area contributed by atoms with E-state index in [1.807, 2.05) is 18.2 Å². The van der Waals surface area contributed by atoms with Crippen molar-refractivity contribution in [2.45, 2.75) is 0 Å². The van der Waals surface area contributed by atoms with E-state index in [2.05, 4.69) is 214 Å². The molecular weight excluding hydrogens is 769 g/mol. The summed E-state index contributed by atoms with van der Waals surface area (Å²) < 4.78 is 7.14. The van der Waals surface area contributed by atoms with Crippen molar-refractivity contribution in [3.05, 3.63) is 218 Å². The Hall–Kier alpha value is -8.61. The van der Waals surface area contributed by atoms with Gasteiger partial charge >= 0.3 is 0 Å². The van der Waals surface area contributed by atoms with Gasteiger partial charge in [-0.05, 0) is 66.7 Å². The molecule has 0 saturated carbocycles. The Labute approximate surface area is 362 Å². The molecule has 4 heterocycles. The number of aromatic nitrogens is 6. The molecule has 6 heteroatoms. The summed E-state index contributed by atoms with van der Waals surface area (Å²) in [6.45, 7) is 0. The molecule has 0 bridgehead atoms. The fourth-order valence-corrected chi connectivity index (χ4v) is 9.75. The smallest absolute Gasteiger partial charge is 0.164 e. The van der Waals surface area contributed by atoms with Gasteiger partial charge in [-0.15, -0.1) is 0 Å². The van der Waals surface area contributed by atoms with Gasteiger partial charge in [0.2, 0.25) is 0 Å². The first-order valence-electron chi connectivity index (χ1n) is 21.3. The van der Waals surface area contributed by atoms with Crippen molar-refractivity contribution in [2.75, 3.05) is 0 Å². The lowest BCUT2D eigenvalue weighted by atomic mass is 10.1. The minimum Gasteiger partial charge on any atom is -0.309 e. The molecule has 0 spiro atoms. The normalized spacial score (nSPS) is 11.8. The van der Waals surface area contributed by atoms with Gasteiger partial charge in [-0.3, -0.25) is 0 Å². The molecule has 294 valence electrons. The Morgan fingerprint density at radius 2 is 0.651 bits per heavy atom. The van der Waals surface area contributed by atoms with Crippen molar-refractivity contribution >= 4 is 65.4 Å². The van der Waals surface area contributed by atoms with Crippen LogP contribution in [0.1, 0.15) is 0 Å². The summed E-state index contributed by atoms with van der Waals surface area (Å²) in [7, 11) is 0. The molecule has 0 fully saturated rings. The van der Waals surface area contributed by atoms with Gasteiger partial charge in [0, 0.05) is 66.1 Å². The van der Waals surface area contributed by atoms with Gasteiger partial charge in [-0.2, -0.15) is 0 Å². The molecule has 9 aromatic carbocycles. The van der Waals surface area contributed by atoms with Crippen molar-refractivity contribution in [3.63, 3.8) is 0 Å². The topological polar surface area (TPSA) is 53.5 Å². The van der Waals surface area contributed by atoms with Crippen LogP contribution in [-0.4, -0.2) is 28.7 Å². The fraction of sp³-hybridized carbons (Fsp3) is 0. The molecule has 13 aromatic rings. The van der Waals surface area contributed by atoms with Gasteiger partial charge in [0.1, 0.15) is 0 Å². The second kappa shape index (κ2) is 14.0. The lowest BCUT2D eigenvalue weighted by molar-refractivity contribution is 1.07. The van der Waals surface area contributed by atoms with E-state index in [1.54, 1.807) is 0 Å². The molecule has 0 N–H and O–H groups in total. The third-order valence-corrected chi connectivity index (χ3v) is 12.5. The summed E-state index contributed by atoms with van der Waals surface area (Å²) in [5.41, 5.74) is 12.9. The lowest BCUT2D eigenvalue weighted by Crippen LogP contribution is -2.02. The molecule has 0 atom stereocenters. The maximum absolute atomic E-state index is 5.28. The van der Waals surface area contributed by atoms with E-state index < -0.39 is 0 Å². The summed E-state index contributed by atoms with van der Waals surface area (Å²) in [6.07, 6.45) is 0. The molecule has 0 aliphatic rings. The van der Waals surface area contributed by atoms with Gasteiger partial charge < -0.3 is 13.7 Å². The number of rotatable bonds is 6. The van der Waals surface area contributed by atoms with E-state index in [-0.39, 0.29) is 0 Å². The predicted molar refractivity (Wildman–Crippen MR) is 259 cm³/mol. The summed E-state index contributed by atoms with van der Waals surface area (Å²) in [5.74, 6) is 1.84. The van der Waals surface area contributed by atoms with Crippen molar-refractivity contribution in [2.24, 2.45) is 0 Å². The summed E-state index contributed by atoms with van der Waals surface area (Å²) in [5, 5.41) is 7.27. The van der Waals surface area contributed by atoms with Gasteiger partial charge in [0.25, 0.3) is 0 Å². The van der Waals surface area contributed by atoms with E-state index in [9.17, 15) is 0 Å². The SMILES string of the molecule is c1ccc(-c2nc(-c3cccc(-n4c5ccccc5c5ccccc54)c3)nc(-c3cccc(-n4c5ccccc5c5ccc6c(c7ccccc7n6-c6ccccc6)c54)c3)n2)cc1. The van der Waals surface area contributed by atoms with Crippen molar-refractivity contribution in [3.8, 4) is 51.2 Å². The molecule has 0 amide bonds. The maximum Gasteiger partial charge on any atom is 0.164 e. The highest BCUT2D eigenvalue weighted by atomic mass is 15.0. The van der Waals surface area contributed by atoms with Crippen LogP contribution in [0.3, 0.4) is 0 Å². The molecule has 0 unspecified atom stereocenters. The molecule has 13 rings (SSSR count). The number of fused-ring (bicyclic) bond motifs is 10. The Kier molecular flexibility index (Phi) is 7.80. The van der Waals surface area contributed by atoms with Crippen LogP contribution in [0.2, 0.25) is 0 Å². The zero-order valence-electron chi connectivity index (χ0n) is 34.0. The first kappa shape index (κ1) is 35.2. The molecule has 0 saturated heterocycles. The monoisotopic (exact) mass is 804 g/mol. The second-order valence-corrected chi connectivity index (χ2v) is 16.0. The lowest BCUT2D eigenvalue weighted by Gasteiger charge is -2.13. The molecule has 63 heavy (non-hydrogen) atoms. The van der Waals surface area contributed by atoms with E-state index in [1.165, 1.54) is 43.4 Å². The standard InChI is InChI=1S/C57H36N6/c1-3-17-37(18-4-1)55-58-56(38-19-15-23-41(35-38)62-48-29-11-7-25-43(48)44-26-8-12-30-49(44)62)60-57(59-55)39-20-16-24-42(36-39)63-50-31-13-9-27-45(50)46-33-34-52-53(54(46)63)47-28-10-14-32-51(47)61(52)40-21-5-2-6-22-40/h1-36H. The largest absolute Gasteiger partial charge is 0.309 e. The molecule has 0 aliphatic carbocycles. The van der Waals surface area contributed by atoms with Crippen LogP contribution in [0.15, 0.2) is 218 Å². The number of benzene rings is 9. The Balaban J connectivity index is 1.02. The predicted octanol–water partition coefficient (Wildman–Crippen LogP) is 14.2. The third-order valence-electron chi connectivity index (χ3n) is 12.5. The third kappa shape index (κ3) is 5.48. The first-order valence-corrected chi connectivity index (χ1v) is 21.3. The van der Waals surface area contributed by atoms with Crippen LogP contribution in [0.5, 0.6) is 0 Å². The van der Waals surface area contributed by atoms with Gasteiger partial charge in [0.05, 0.1) is 33.1 Å². The van der Waals surface area contributed by atoms with Crippen molar-refractivity contribution in [1.82, 2.24) is 28.7 Å². The van der Waals surface area contributed by atoms with Crippen LogP contribution >= 0.6 is 0 Å². The highest BCUT2D eigenvalue weighted by molar-refractivity contribution is 6.26. The average molecular weight is 805 g/mol. The summed E-state index contributed by atoms with van der Waals surface area (Å²) in [6, 6.07) is 77.3. The quantitative estimate of drug-likeness (QED) is 0.168. The Morgan fingerprint density at radius 3 is 1.24 bits per heavy atom. The summed E-state index contributed by atoms with van der Waals surface area (Å²) in [4.78, 5) is 15.6. The highest BCUT2D eigenvalue weighted by Gasteiger charge is 2.22. The number of para-hydroxylation sites is 5. The number of hydrogen-bond donors (Lipinski definition) is 0. The van der Waals surface area contributed by atoms with Crippen LogP contribution in [0.4, 0.5) is 0 Å². The van der Waals surface area contributed by atoms with E-state index >= 15 is 0 Å². The highest BCUT2D eigenvalue weighted by Crippen LogP contribution is 2.42. The van der Waals surface area contributed by atoms with Gasteiger partial charge in [0.15, 0.2) is 17.5 Å². The van der Waals surface area contributed by atoms with Crippen LogP contribution < -0.4 is 0 Å². The number of nitrogens with zero attached hydrogens (tertiary/aromatic N) is 6. The fourth-order valence-electron chi connectivity index (χ4n) is 9.75. The maximum atomic E-state index is 5.28. The molecular formula is C57H36N6. The zero-order valence-corrected chi connectivity index (χ0v) is 34.0. The van der Waals surface area contributed by atoms with Gasteiger partial charge in [-0.25, -0.2) is 15.0 Å². The zero-order chi connectivity index (χ0) is 41.4. The van der Waals surface area contributed by atoms with Crippen LogP contribution in [0, 0.1) is 0 Å². The first-order chi connectivity index (χ1) is 31.3. The van der Waals surface area contributed by atoms with Crippen LogP contribution in [-0.2, 0) is 0 Å². The van der Waals surface area contributed by atoms with Crippen molar-refractivity contribution < 1.29 is 0 Å². The van der Waals surface area contributed by atoms with Crippen LogP contribution in [0.25, 0.3) is 117 Å².